The van der Waals surface area contributed by atoms with Crippen LogP contribution in [0.5, 0.6) is 5.75 Å². The largest absolute Gasteiger partial charge is 0.480 e. The van der Waals surface area contributed by atoms with Gasteiger partial charge in [0.2, 0.25) is 0 Å². The van der Waals surface area contributed by atoms with Crippen molar-refractivity contribution in [2.24, 2.45) is 0 Å². The minimum absolute atomic E-state index is 0.172. The minimum atomic E-state index is -4.64. The number of carbonyl (C=O) groups excluding carboxylic acids is 1. The van der Waals surface area contributed by atoms with Gasteiger partial charge >= 0.3 is 6.18 Å². The molecule has 7 rings (SSSR count). The Morgan fingerprint density at radius 3 is 1.94 bits per heavy atom. The molecule has 4 heterocycles. The minimum Gasteiger partial charge on any atom is -0.480 e. The van der Waals surface area contributed by atoms with Crippen LogP contribution < -0.4 is 10.1 Å². The second-order valence-electron chi connectivity index (χ2n) is 12.4. The summed E-state index contributed by atoms with van der Waals surface area (Å²) < 4.78 is 68.3. The normalized spacial score (nSPS) is 14.6. The van der Waals surface area contributed by atoms with Crippen LogP contribution in [0.1, 0.15) is 49.3 Å². The highest BCUT2D eigenvalue weighted by Crippen LogP contribution is 2.35. The van der Waals surface area contributed by atoms with Gasteiger partial charge in [0.25, 0.3) is 5.91 Å². The van der Waals surface area contributed by atoms with Crippen LogP contribution in [0.3, 0.4) is 0 Å². The molecule has 12 heteroatoms. The Balaban J connectivity index is 0.000000229. The number of hydrogen-bond donors (Lipinski definition) is 1. The molecule has 0 spiro atoms. The molecule has 0 radical (unpaired) electrons. The standard InChI is InChI=1S/C24H22F3NO4S2.C13H13NS/c1-14-8-19(13-33-14)16-4-5-17-11-28(12-18(17)9-16)23(29)21-10-20(34(3,30)31)6-7-22(21)32-15(2)24(25,26)27;1-9-4-13(8-15-9)10-2-3-11-6-14-7-12(11)5-10/h4-10,13,15H,11-12H2,1-3H3;2-5,8,14H,6-7H2,1H3/t15-;/m0./s1. The van der Waals surface area contributed by atoms with Crippen LogP contribution in [0.4, 0.5) is 13.2 Å². The van der Waals surface area contributed by atoms with Crippen molar-refractivity contribution in [3.8, 4) is 28.0 Å². The van der Waals surface area contributed by atoms with Crippen LogP contribution in [-0.2, 0) is 36.0 Å². The van der Waals surface area contributed by atoms with Crippen LogP contribution in [0.15, 0.2) is 82.4 Å². The Morgan fingerprint density at radius 1 is 0.796 bits per heavy atom. The highest BCUT2D eigenvalue weighted by molar-refractivity contribution is 7.90. The number of fused-ring (bicyclic) bond motifs is 2. The molecule has 0 aliphatic carbocycles. The molecule has 256 valence electrons. The van der Waals surface area contributed by atoms with Crippen LogP contribution in [0.2, 0.25) is 0 Å². The summed E-state index contributed by atoms with van der Waals surface area (Å²) in [7, 11) is -3.69. The number of aryl methyl sites for hydroxylation is 2. The number of nitrogens with zero attached hydrogens (tertiary/aromatic N) is 1. The molecule has 1 N–H and O–H groups in total. The molecule has 0 saturated heterocycles. The number of sulfone groups is 1. The summed E-state index contributed by atoms with van der Waals surface area (Å²) in [5.41, 5.74) is 9.33. The monoisotopic (exact) mass is 724 g/mol. The molecule has 0 bridgehead atoms. The zero-order valence-corrected chi connectivity index (χ0v) is 29.8. The van der Waals surface area contributed by atoms with Gasteiger partial charge in [-0.25, -0.2) is 8.42 Å². The molecular formula is C37H35F3N2O4S3. The fourth-order valence-corrected chi connectivity index (χ4v) is 7.89. The maximum atomic E-state index is 13.4. The highest BCUT2D eigenvalue weighted by Gasteiger charge is 2.39. The number of amides is 1. The van der Waals surface area contributed by atoms with E-state index in [4.69, 9.17) is 4.74 Å². The van der Waals surface area contributed by atoms with E-state index in [1.165, 1.54) is 36.9 Å². The van der Waals surface area contributed by atoms with Crippen molar-refractivity contribution >= 4 is 38.4 Å². The van der Waals surface area contributed by atoms with E-state index in [-0.39, 0.29) is 29.3 Å². The van der Waals surface area contributed by atoms with E-state index in [0.29, 0.717) is 0 Å². The molecule has 0 unspecified atom stereocenters. The molecule has 5 aromatic rings. The highest BCUT2D eigenvalue weighted by atomic mass is 32.2. The molecule has 6 nitrogen and oxygen atoms in total. The number of rotatable bonds is 6. The second kappa shape index (κ2) is 13.7. The predicted molar refractivity (Wildman–Crippen MR) is 189 cm³/mol. The van der Waals surface area contributed by atoms with Crippen LogP contribution in [0.25, 0.3) is 22.3 Å². The quantitative estimate of drug-likeness (QED) is 0.189. The third kappa shape index (κ3) is 7.93. The number of hydrogen-bond acceptors (Lipinski definition) is 7. The fraction of sp³-hybridized carbons (Fsp3) is 0.270. The molecular weight excluding hydrogens is 690 g/mol. The first kappa shape index (κ1) is 34.9. The first-order chi connectivity index (χ1) is 23.2. The zero-order chi connectivity index (χ0) is 35.1. The lowest BCUT2D eigenvalue weighted by Crippen LogP contribution is -2.32. The van der Waals surface area contributed by atoms with Crippen LogP contribution >= 0.6 is 22.7 Å². The molecule has 0 saturated carbocycles. The molecule has 2 aromatic heterocycles. The number of halogens is 3. The van der Waals surface area contributed by atoms with Crippen molar-refractivity contribution in [1.82, 2.24) is 10.2 Å². The molecule has 3 aromatic carbocycles. The number of ether oxygens (including phenoxy) is 1. The van der Waals surface area contributed by atoms with Crippen molar-refractivity contribution in [1.29, 1.82) is 0 Å². The van der Waals surface area contributed by atoms with E-state index in [1.807, 2.05) is 36.5 Å². The average molecular weight is 725 g/mol. The molecule has 0 fully saturated rings. The van der Waals surface area contributed by atoms with Gasteiger partial charge in [-0.05, 0) is 119 Å². The first-order valence-corrected chi connectivity index (χ1v) is 19.2. The van der Waals surface area contributed by atoms with Gasteiger partial charge in [0.1, 0.15) is 5.75 Å². The Kier molecular flexibility index (Phi) is 9.78. The summed E-state index contributed by atoms with van der Waals surface area (Å²) in [6.07, 6.45) is -5.85. The Bertz CT molecular complexity index is 2140. The third-order valence-electron chi connectivity index (χ3n) is 8.56. The summed E-state index contributed by atoms with van der Waals surface area (Å²) in [5, 5.41) is 7.66. The van der Waals surface area contributed by atoms with E-state index in [2.05, 4.69) is 53.3 Å². The molecule has 2 aliphatic heterocycles. The Labute approximate surface area is 292 Å². The van der Waals surface area contributed by atoms with Gasteiger partial charge in [-0.15, -0.1) is 22.7 Å². The number of carbonyl (C=O) groups is 1. The second-order valence-corrected chi connectivity index (χ2v) is 16.6. The lowest BCUT2D eigenvalue weighted by Gasteiger charge is -2.22. The van der Waals surface area contributed by atoms with Crippen LogP contribution in [0, 0.1) is 13.8 Å². The third-order valence-corrected chi connectivity index (χ3v) is 11.4. The predicted octanol–water partition coefficient (Wildman–Crippen LogP) is 8.94. The van der Waals surface area contributed by atoms with E-state index < -0.39 is 28.0 Å². The summed E-state index contributed by atoms with van der Waals surface area (Å²) in [6, 6.07) is 20.4. The van der Waals surface area contributed by atoms with Gasteiger partial charge in [-0.2, -0.15) is 13.2 Å². The van der Waals surface area contributed by atoms with Gasteiger partial charge in [0.15, 0.2) is 15.9 Å². The maximum absolute atomic E-state index is 13.4. The van der Waals surface area contributed by atoms with E-state index >= 15 is 0 Å². The molecule has 2 aliphatic rings. The van der Waals surface area contributed by atoms with Crippen molar-refractivity contribution in [2.75, 3.05) is 6.26 Å². The molecule has 1 amide bonds. The van der Waals surface area contributed by atoms with Crippen molar-refractivity contribution in [3.63, 3.8) is 0 Å². The lowest BCUT2D eigenvalue weighted by atomic mass is 10.0. The maximum Gasteiger partial charge on any atom is 0.425 e. The number of benzene rings is 3. The van der Waals surface area contributed by atoms with E-state index in [9.17, 15) is 26.4 Å². The first-order valence-electron chi connectivity index (χ1n) is 15.6. The summed E-state index contributed by atoms with van der Waals surface area (Å²) >= 11 is 3.46. The fourth-order valence-electron chi connectivity index (χ4n) is 5.82. The van der Waals surface area contributed by atoms with Crippen molar-refractivity contribution < 1.29 is 31.1 Å². The summed E-state index contributed by atoms with van der Waals surface area (Å²) in [5.74, 6) is -0.911. The topological polar surface area (TPSA) is 75.7 Å². The van der Waals surface area contributed by atoms with Gasteiger partial charge in [0.05, 0.1) is 10.5 Å². The van der Waals surface area contributed by atoms with Crippen LogP contribution in [-0.4, -0.2) is 37.8 Å². The van der Waals surface area contributed by atoms with Gasteiger partial charge < -0.3 is 15.0 Å². The van der Waals surface area contributed by atoms with E-state index in [0.717, 1.165) is 66.7 Å². The summed E-state index contributed by atoms with van der Waals surface area (Å²) in [6.45, 7) is 7.56. The average Bonchev–Trinajstić information content (AvgIpc) is 3.86. The van der Waals surface area contributed by atoms with Crippen molar-refractivity contribution in [2.45, 2.75) is 64.1 Å². The summed E-state index contributed by atoms with van der Waals surface area (Å²) in [4.78, 5) is 17.2. The zero-order valence-electron chi connectivity index (χ0n) is 27.4. The Hall–Kier alpha value is -3.97. The molecule has 1 atom stereocenters. The number of thiophene rings is 2. The van der Waals surface area contributed by atoms with Gasteiger partial charge in [-0.3, -0.25) is 4.79 Å². The molecule has 49 heavy (non-hydrogen) atoms. The van der Waals surface area contributed by atoms with Gasteiger partial charge in [-0.1, -0.05) is 24.3 Å². The number of nitrogens with one attached hydrogen (secondary N) is 1. The van der Waals surface area contributed by atoms with E-state index in [1.54, 1.807) is 11.3 Å². The number of alkyl halides is 3. The lowest BCUT2D eigenvalue weighted by molar-refractivity contribution is -0.189. The Morgan fingerprint density at radius 2 is 1.37 bits per heavy atom. The van der Waals surface area contributed by atoms with Crippen molar-refractivity contribution in [3.05, 3.63) is 115 Å². The SMILES string of the molecule is Cc1cc(-c2ccc3c(c2)CN(C(=O)c2cc(S(C)(=O)=O)ccc2O[C@@H](C)C(F)(F)F)C3)cs1.Cc1cc(-c2ccc3c(c2)CNC3)cs1. The smallest absolute Gasteiger partial charge is 0.425 e. The van der Waals surface area contributed by atoms with Gasteiger partial charge in [0, 0.05) is 42.2 Å².